The molecule has 0 saturated heterocycles. The maximum absolute atomic E-state index is 12.5. The summed E-state index contributed by atoms with van der Waals surface area (Å²) in [5, 5.41) is 4.10. The predicted octanol–water partition coefficient (Wildman–Crippen LogP) is 2.53. The molecule has 0 unspecified atom stereocenters. The molecule has 22 heavy (non-hydrogen) atoms. The first kappa shape index (κ1) is 14.5. The van der Waals surface area contributed by atoms with Gasteiger partial charge in [-0.1, -0.05) is 12.1 Å². The summed E-state index contributed by atoms with van der Waals surface area (Å²) in [4.78, 5) is 16.7. The Morgan fingerprint density at radius 3 is 2.82 bits per heavy atom. The van der Waals surface area contributed by atoms with Gasteiger partial charge in [0.25, 0.3) is 0 Å². The number of aryl methyl sites for hydroxylation is 2. The number of hydrogen-bond acceptors (Lipinski definition) is 3. The summed E-state index contributed by atoms with van der Waals surface area (Å²) in [5.74, 6) is 0. The highest BCUT2D eigenvalue weighted by molar-refractivity contribution is 5.79. The molecule has 0 atom stereocenters. The summed E-state index contributed by atoms with van der Waals surface area (Å²) >= 11 is 0. The minimum atomic E-state index is 0.104. The monoisotopic (exact) mass is 293 g/mol. The molecule has 2 heterocycles. The van der Waals surface area contributed by atoms with Gasteiger partial charge in [0.1, 0.15) is 0 Å². The maximum atomic E-state index is 12.5. The number of aromatic nitrogens is 2. The number of fused-ring (bicyclic) bond motifs is 1. The molecule has 3 aromatic rings. The summed E-state index contributed by atoms with van der Waals surface area (Å²) in [6, 6.07) is 11.7. The van der Waals surface area contributed by atoms with Crippen molar-refractivity contribution in [2.75, 3.05) is 0 Å². The number of nitrogens with zero attached hydrogens (tertiary/aromatic N) is 2. The van der Waals surface area contributed by atoms with Crippen LogP contribution in [0.5, 0.6) is 0 Å². The van der Waals surface area contributed by atoms with Crippen LogP contribution >= 0.6 is 0 Å². The van der Waals surface area contributed by atoms with Gasteiger partial charge in [-0.3, -0.25) is 9.78 Å². The molecule has 0 aliphatic carbocycles. The van der Waals surface area contributed by atoms with E-state index in [0.717, 1.165) is 28.7 Å². The van der Waals surface area contributed by atoms with Gasteiger partial charge in [-0.25, -0.2) is 0 Å². The SMILES string of the molecule is Cc1cc(CNCc2cn(C)c3ccccc3c2=O)ccn1. The van der Waals surface area contributed by atoms with E-state index in [9.17, 15) is 4.79 Å². The van der Waals surface area contributed by atoms with Gasteiger partial charge in [-0.2, -0.15) is 0 Å². The van der Waals surface area contributed by atoms with Crippen LogP contribution in [0.3, 0.4) is 0 Å². The lowest BCUT2D eigenvalue weighted by atomic mass is 10.1. The van der Waals surface area contributed by atoms with E-state index in [1.165, 1.54) is 5.56 Å². The average molecular weight is 293 g/mol. The van der Waals surface area contributed by atoms with Crippen molar-refractivity contribution in [2.24, 2.45) is 7.05 Å². The first-order valence-corrected chi connectivity index (χ1v) is 7.34. The highest BCUT2D eigenvalue weighted by Crippen LogP contribution is 2.10. The van der Waals surface area contributed by atoms with Gasteiger partial charge in [0.15, 0.2) is 5.43 Å². The van der Waals surface area contributed by atoms with E-state index < -0.39 is 0 Å². The fourth-order valence-corrected chi connectivity index (χ4v) is 2.69. The Morgan fingerprint density at radius 2 is 2.00 bits per heavy atom. The smallest absolute Gasteiger partial charge is 0.193 e. The molecule has 4 heteroatoms. The van der Waals surface area contributed by atoms with E-state index in [4.69, 9.17) is 0 Å². The van der Waals surface area contributed by atoms with E-state index in [0.29, 0.717) is 6.54 Å². The Bertz CT molecular complexity index is 868. The quantitative estimate of drug-likeness (QED) is 0.804. The summed E-state index contributed by atoms with van der Waals surface area (Å²) in [7, 11) is 1.97. The molecule has 112 valence electrons. The van der Waals surface area contributed by atoms with Crippen molar-refractivity contribution in [1.82, 2.24) is 14.9 Å². The Balaban J connectivity index is 1.80. The molecule has 0 amide bonds. The van der Waals surface area contributed by atoms with Crippen molar-refractivity contribution in [1.29, 1.82) is 0 Å². The van der Waals surface area contributed by atoms with Crippen molar-refractivity contribution in [3.05, 3.63) is 75.8 Å². The van der Waals surface area contributed by atoms with Crippen LogP contribution in [0.1, 0.15) is 16.8 Å². The van der Waals surface area contributed by atoms with E-state index in [2.05, 4.69) is 10.3 Å². The number of para-hydroxylation sites is 1. The van der Waals surface area contributed by atoms with Crippen molar-refractivity contribution < 1.29 is 0 Å². The Labute approximate surface area is 129 Å². The van der Waals surface area contributed by atoms with Gasteiger partial charge in [-0.15, -0.1) is 0 Å². The van der Waals surface area contributed by atoms with Gasteiger partial charge in [-0.05, 0) is 36.8 Å². The lowest BCUT2D eigenvalue weighted by molar-refractivity contribution is 0.684. The summed E-state index contributed by atoms with van der Waals surface area (Å²) in [6.07, 6.45) is 3.72. The molecule has 0 aliphatic heterocycles. The Morgan fingerprint density at radius 1 is 1.18 bits per heavy atom. The fraction of sp³-hybridized carbons (Fsp3) is 0.222. The molecule has 3 rings (SSSR count). The standard InChI is InChI=1S/C18H19N3O/c1-13-9-14(7-8-20-13)10-19-11-15-12-21(2)17-6-4-3-5-16(17)18(15)22/h3-9,12,19H,10-11H2,1-2H3. The van der Waals surface area contributed by atoms with Crippen LogP contribution in [0.4, 0.5) is 0 Å². The molecule has 2 aromatic heterocycles. The van der Waals surface area contributed by atoms with E-state index in [1.54, 1.807) is 6.20 Å². The number of nitrogens with one attached hydrogen (secondary N) is 1. The van der Waals surface area contributed by atoms with Crippen molar-refractivity contribution in [2.45, 2.75) is 20.0 Å². The number of pyridine rings is 2. The summed E-state index contributed by atoms with van der Waals surface area (Å²) in [5.41, 5.74) is 4.02. The third-order valence-corrected chi connectivity index (χ3v) is 3.78. The van der Waals surface area contributed by atoms with Gasteiger partial charge < -0.3 is 9.88 Å². The molecule has 0 saturated carbocycles. The zero-order valence-electron chi connectivity index (χ0n) is 12.8. The lowest BCUT2D eigenvalue weighted by Crippen LogP contribution is -2.21. The zero-order chi connectivity index (χ0) is 15.5. The summed E-state index contributed by atoms with van der Waals surface area (Å²) < 4.78 is 2.00. The predicted molar refractivity (Wildman–Crippen MR) is 88.7 cm³/mol. The first-order valence-electron chi connectivity index (χ1n) is 7.34. The molecule has 0 aliphatic rings. The topological polar surface area (TPSA) is 46.9 Å². The average Bonchev–Trinajstić information content (AvgIpc) is 2.52. The molecule has 0 fully saturated rings. The summed E-state index contributed by atoms with van der Waals surface area (Å²) in [6.45, 7) is 3.25. The zero-order valence-corrected chi connectivity index (χ0v) is 12.8. The molecular weight excluding hydrogens is 274 g/mol. The van der Waals surface area contributed by atoms with Gasteiger partial charge in [0, 0.05) is 49.2 Å². The van der Waals surface area contributed by atoms with Crippen LogP contribution in [0.15, 0.2) is 53.6 Å². The van der Waals surface area contributed by atoms with Gasteiger partial charge >= 0.3 is 0 Å². The molecule has 0 bridgehead atoms. The van der Waals surface area contributed by atoms with Crippen LogP contribution in [0, 0.1) is 6.92 Å². The minimum Gasteiger partial charge on any atom is -0.350 e. The van der Waals surface area contributed by atoms with Crippen molar-refractivity contribution >= 4 is 10.9 Å². The van der Waals surface area contributed by atoms with E-state index >= 15 is 0 Å². The molecule has 4 nitrogen and oxygen atoms in total. The van der Waals surface area contributed by atoms with Crippen LogP contribution in [-0.2, 0) is 20.1 Å². The molecule has 1 N–H and O–H groups in total. The lowest BCUT2D eigenvalue weighted by Gasteiger charge is -2.10. The second kappa shape index (κ2) is 6.12. The van der Waals surface area contributed by atoms with Gasteiger partial charge in [0.05, 0.1) is 5.52 Å². The van der Waals surface area contributed by atoms with Crippen LogP contribution in [0.2, 0.25) is 0 Å². The minimum absolute atomic E-state index is 0.104. The Hall–Kier alpha value is -2.46. The third-order valence-electron chi connectivity index (χ3n) is 3.78. The number of benzene rings is 1. The number of rotatable bonds is 4. The maximum Gasteiger partial charge on any atom is 0.193 e. The fourth-order valence-electron chi connectivity index (χ4n) is 2.69. The molecule has 0 spiro atoms. The highest BCUT2D eigenvalue weighted by atomic mass is 16.1. The van der Waals surface area contributed by atoms with E-state index in [-0.39, 0.29) is 5.43 Å². The first-order chi connectivity index (χ1) is 10.6. The third kappa shape index (κ3) is 2.92. The highest BCUT2D eigenvalue weighted by Gasteiger charge is 2.06. The van der Waals surface area contributed by atoms with Gasteiger partial charge in [0.2, 0.25) is 0 Å². The molecule has 1 aromatic carbocycles. The largest absolute Gasteiger partial charge is 0.350 e. The van der Waals surface area contributed by atoms with Crippen LogP contribution in [0.25, 0.3) is 10.9 Å². The number of hydrogen-bond donors (Lipinski definition) is 1. The second-order valence-electron chi connectivity index (χ2n) is 5.52. The van der Waals surface area contributed by atoms with E-state index in [1.807, 2.05) is 61.1 Å². The normalized spacial score (nSPS) is 11.0. The second-order valence-corrected chi connectivity index (χ2v) is 5.52. The van der Waals surface area contributed by atoms with Crippen molar-refractivity contribution in [3.8, 4) is 0 Å². The van der Waals surface area contributed by atoms with Crippen LogP contribution in [-0.4, -0.2) is 9.55 Å². The van der Waals surface area contributed by atoms with Crippen molar-refractivity contribution in [3.63, 3.8) is 0 Å². The Kier molecular flexibility index (Phi) is 4.02. The molecular formula is C18H19N3O. The van der Waals surface area contributed by atoms with Crippen LogP contribution < -0.4 is 10.7 Å². The molecule has 0 radical (unpaired) electrons.